The van der Waals surface area contributed by atoms with Crippen LogP contribution < -0.4 is 18.9 Å². The molecule has 0 N–H and O–H groups in total. The Balaban J connectivity index is 2.73. The second-order valence-corrected chi connectivity index (χ2v) is 4.47. The minimum absolute atomic E-state index is 0.429. The van der Waals surface area contributed by atoms with E-state index in [1.165, 1.54) is 7.11 Å². The molecule has 0 aliphatic heterocycles. The molecule has 0 radical (unpaired) electrons. The van der Waals surface area contributed by atoms with Crippen LogP contribution in [0.3, 0.4) is 0 Å². The Bertz CT molecular complexity index is 697. The van der Waals surface area contributed by atoms with Gasteiger partial charge in [-0.25, -0.2) is 0 Å². The van der Waals surface area contributed by atoms with Gasteiger partial charge in [-0.05, 0) is 23.8 Å². The molecule has 5 heteroatoms. The molecular weight excluding hydrogens is 282 g/mol. The van der Waals surface area contributed by atoms with E-state index in [9.17, 15) is 5.26 Å². The van der Waals surface area contributed by atoms with Gasteiger partial charge in [-0.3, -0.25) is 0 Å². The van der Waals surface area contributed by atoms with Crippen molar-refractivity contribution in [3.8, 4) is 40.2 Å². The van der Waals surface area contributed by atoms with Crippen molar-refractivity contribution >= 4 is 0 Å². The van der Waals surface area contributed by atoms with Crippen molar-refractivity contribution in [1.82, 2.24) is 0 Å². The second-order valence-electron chi connectivity index (χ2n) is 4.47. The number of rotatable bonds is 5. The van der Waals surface area contributed by atoms with Crippen molar-refractivity contribution in [2.75, 3.05) is 28.4 Å². The van der Waals surface area contributed by atoms with Gasteiger partial charge in [0.15, 0.2) is 0 Å². The maximum Gasteiger partial charge on any atom is 0.140 e. The number of hydrogen-bond acceptors (Lipinski definition) is 5. The Kier molecular flexibility index (Phi) is 4.74. The van der Waals surface area contributed by atoms with Gasteiger partial charge in [0.1, 0.15) is 34.6 Å². The van der Waals surface area contributed by atoms with E-state index in [4.69, 9.17) is 18.9 Å². The molecule has 0 unspecified atom stereocenters. The first kappa shape index (κ1) is 15.5. The molecule has 114 valence electrons. The predicted molar refractivity (Wildman–Crippen MR) is 82.8 cm³/mol. The summed E-state index contributed by atoms with van der Waals surface area (Å²) in [7, 11) is 6.24. The fourth-order valence-corrected chi connectivity index (χ4v) is 2.17. The lowest BCUT2D eigenvalue weighted by atomic mass is 9.98. The van der Waals surface area contributed by atoms with Crippen molar-refractivity contribution in [2.24, 2.45) is 0 Å². The van der Waals surface area contributed by atoms with E-state index < -0.39 is 0 Å². The average Bonchev–Trinajstić information content (AvgIpc) is 2.59. The molecule has 22 heavy (non-hydrogen) atoms. The van der Waals surface area contributed by atoms with Crippen LogP contribution in [0.4, 0.5) is 0 Å². The number of hydrogen-bond donors (Lipinski definition) is 0. The van der Waals surface area contributed by atoms with Crippen molar-refractivity contribution in [3.05, 3.63) is 35.9 Å². The predicted octanol–water partition coefficient (Wildman–Crippen LogP) is 3.26. The molecule has 0 aliphatic carbocycles. The Morgan fingerprint density at radius 2 is 1.27 bits per heavy atom. The second kappa shape index (κ2) is 6.72. The van der Waals surface area contributed by atoms with E-state index >= 15 is 0 Å². The molecule has 0 fully saturated rings. The molecule has 0 bridgehead atoms. The smallest absolute Gasteiger partial charge is 0.140 e. The molecule has 2 aromatic rings. The fraction of sp³-hybridized carbons (Fsp3) is 0.235. The third-order valence-corrected chi connectivity index (χ3v) is 3.31. The molecule has 0 spiro atoms. The molecule has 0 amide bonds. The minimum Gasteiger partial charge on any atom is -0.497 e. The lowest BCUT2D eigenvalue weighted by Gasteiger charge is -2.13. The summed E-state index contributed by atoms with van der Waals surface area (Å²) < 4.78 is 21.1. The number of nitriles is 1. The highest BCUT2D eigenvalue weighted by Crippen LogP contribution is 2.37. The van der Waals surface area contributed by atoms with E-state index in [0.717, 1.165) is 5.56 Å². The normalized spacial score (nSPS) is 9.77. The van der Waals surface area contributed by atoms with Gasteiger partial charge in [-0.15, -0.1) is 0 Å². The summed E-state index contributed by atoms with van der Waals surface area (Å²) in [4.78, 5) is 0. The van der Waals surface area contributed by atoms with Crippen molar-refractivity contribution in [1.29, 1.82) is 5.26 Å². The van der Waals surface area contributed by atoms with E-state index in [0.29, 0.717) is 34.1 Å². The highest BCUT2D eigenvalue weighted by atomic mass is 16.5. The average molecular weight is 299 g/mol. The molecule has 0 atom stereocenters. The van der Waals surface area contributed by atoms with Gasteiger partial charge < -0.3 is 18.9 Å². The standard InChI is InChI=1S/C17H17NO4/c1-19-12-5-11(6-13(7-12)20-2)15-8-14(21-3)9-17(22-4)16(15)10-18/h5-9H,1-4H3. The number of methoxy groups -OCH3 is 4. The first-order valence-electron chi connectivity index (χ1n) is 6.56. The maximum atomic E-state index is 9.47. The van der Waals surface area contributed by atoms with Crippen LogP contribution in [0.1, 0.15) is 5.56 Å². The highest BCUT2D eigenvalue weighted by Gasteiger charge is 2.15. The summed E-state index contributed by atoms with van der Waals surface area (Å²) >= 11 is 0. The van der Waals surface area contributed by atoms with Crippen LogP contribution >= 0.6 is 0 Å². The van der Waals surface area contributed by atoms with Crippen LogP contribution in [0.15, 0.2) is 30.3 Å². The minimum atomic E-state index is 0.429. The molecule has 0 saturated heterocycles. The first-order chi connectivity index (χ1) is 10.7. The van der Waals surface area contributed by atoms with E-state index in [1.807, 2.05) is 12.1 Å². The van der Waals surface area contributed by atoms with Gasteiger partial charge in [0.2, 0.25) is 0 Å². The van der Waals surface area contributed by atoms with Crippen LogP contribution in [0.5, 0.6) is 23.0 Å². The van der Waals surface area contributed by atoms with Gasteiger partial charge in [-0.2, -0.15) is 5.26 Å². The summed E-state index contributed by atoms with van der Waals surface area (Å²) in [6, 6.07) is 11.1. The van der Waals surface area contributed by atoms with Crippen LogP contribution in [0, 0.1) is 11.3 Å². The fourth-order valence-electron chi connectivity index (χ4n) is 2.17. The Labute approximate surface area is 129 Å². The first-order valence-corrected chi connectivity index (χ1v) is 6.56. The van der Waals surface area contributed by atoms with Crippen LogP contribution in [0.2, 0.25) is 0 Å². The van der Waals surface area contributed by atoms with Gasteiger partial charge in [-0.1, -0.05) is 0 Å². The topological polar surface area (TPSA) is 60.7 Å². The summed E-state index contributed by atoms with van der Waals surface area (Å²) in [6.45, 7) is 0. The maximum absolute atomic E-state index is 9.47. The molecule has 2 rings (SSSR count). The summed E-state index contributed by atoms with van der Waals surface area (Å²) in [5.74, 6) is 2.34. The zero-order chi connectivity index (χ0) is 16.1. The number of ether oxygens (including phenoxy) is 4. The Morgan fingerprint density at radius 3 is 1.73 bits per heavy atom. The van der Waals surface area contributed by atoms with Crippen LogP contribution in [0.25, 0.3) is 11.1 Å². The monoisotopic (exact) mass is 299 g/mol. The van der Waals surface area contributed by atoms with Crippen molar-refractivity contribution in [3.63, 3.8) is 0 Å². The third kappa shape index (κ3) is 2.91. The third-order valence-electron chi connectivity index (χ3n) is 3.31. The lowest BCUT2D eigenvalue weighted by molar-refractivity contribution is 0.393. The SMILES string of the molecule is COc1cc(OC)cc(-c2cc(OC)cc(OC)c2C#N)c1. The van der Waals surface area contributed by atoms with Gasteiger partial charge in [0, 0.05) is 17.7 Å². The molecule has 0 aromatic heterocycles. The number of benzene rings is 2. The summed E-state index contributed by atoms with van der Waals surface area (Å²) in [5, 5.41) is 9.47. The Morgan fingerprint density at radius 1 is 0.727 bits per heavy atom. The molecule has 0 aliphatic rings. The molecular formula is C17H17NO4. The zero-order valence-corrected chi connectivity index (χ0v) is 13.0. The molecule has 0 saturated carbocycles. The summed E-state index contributed by atoms with van der Waals surface area (Å²) in [6.07, 6.45) is 0. The van der Waals surface area contributed by atoms with Gasteiger partial charge >= 0.3 is 0 Å². The van der Waals surface area contributed by atoms with Gasteiger partial charge in [0.05, 0.1) is 28.4 Å². The lowest BCUT2D eigenvalue weighted by Crippen LogP contribution is -1.95. The van der Waals surface area contributed by atoms with E-state index in [2.05, 4.69) is 6.07 Å². The molecule has 5 nitrogen and oxygen atoms in total. The number of nitrogens with zero attached hydrogens (tertiary/aromatic N) is 1. The van der Waals surface area contributed by atoms with Crippen LogP contribution in [-0.4, -0.2) is 28.4 Å². The highest BCUT2D eigenvalue weighted by molar-refractivity contribution is 5.77. The van der Waals surface area contributed by atoms with E-state index in [1.54, 1.807) is 39.5 Å². The van der Waals surface area contributed by atoms with Gasteiger partial charge in [0.25, 0.3) is 0 Å². The quantitative estimate of drug-likeness (QED) is 0.848. The van der Waals surface area contributed by atoms with Crippen molar-refractivity contribution < 1.29 is 18.9 Å². The molecule has 2 aromatic carbocycles. The zero-order valence-electron chi connectivity index (χ0n) is 13.0. The van der Waals surface area contributed by atoms with Crippen LogP contribution in [-0.2, 0) is 0 Å². The Hall–Kier alpha value is -2.87. The van der Waals surface area contributed by atoms with E-state index in [-0.39, 0.29) is 0 Å². The molecule has 0 heterocycles. The van der Waals surface area contributed by atoms with Crippen molar-refractivity contribution in [2.45, 2.75) is 0 Å². The summed E-state index contributed by atoms with van der Waals surface area (Å²) in [5.41, 5.74) is 1.90. The largest absolute Gasteiger partial charge is 0.497 e.